The van der Waals surface area contributed by atoms with E-state index in [2.05, 4.69) is 10.2 Å². The molecule has 2 aliphatic rings. The summed E-state index contributed by atoms with van der Waals surface area (Å²) in [5.74, 6) is -0.0845. The van der Waals surface area contributed by atoms with Gasteiger partial charge in [0, 0.05) is 38.3 Å². The maximum Gasteiger partial charge on any atom is 0.329 e. The fourth-order valence-electron chi connectivity index (χ4n) is 4.37. The molecule has 1 N–H and O–H groups in total. The minimum absolute atomic E-state index is 0.0724. The van der Waals surface area contributed by atoms with Gasteiger partial charge < -0.3 is 10.1 Å². The van der Waals surface area contributed by atoms with E-state index < -0.39 is 0 Å². The number of piperidine rings is 1. The van der Waals surface area contributed by atoms with E-state index in [0.717, 1.165) is 56.6 Å². The van der Waals surface area contributed by atoms with Gasteiger partial charge in [0.25, 0.3) is 0 Å². The summed E-state index contributed by atoms with van der Waals surface area (Å²) in [6, 6.07) is 8.38. The quantitative estimate of drug-likeness (QED) is 0.856. The predicted molar refractivity (Wildman–Crippen MR) is 104 cm³/mol. The van der Waals surface area contributed by atoms with Crippen LogP contribution in [0.1, 0.15) is 26.2 Å². The van der Waals surface area contributed by atoms with Crippen molar-refractivity contribution in [3.05, 3.63) is 34.7 Å². The molecule has 2 aromatic rings. The van der Waals surface area contributed by atoms with Crippen molar-refractivity contribution in [2.45, 2.75) is 51.4 Å². The van der Waals surface area contributed by atoms with Gasteiger partial charge in [-0.3, -0.25) is 18.8 Å². The largest absolute Gasteiger partial charge is 0.380 e. The van der Waals surface area contributed by atoms with E-state index in [9.17, 15) is 9.59 Å². The Balaban J connectivity index is 1.38. The molecule has 3 heterocycles. The number of amides is 1. The van der Waals surface area contributed by atoms with Crippen LogP contribution in [-0.4, -0.2) is 58.3 Å². The molecule has 0 radical (unpaired) electrons. The molecule has 1 aromatic carbocycles. The van der Waals surface area contributed by atoms with Gasteiger partial charge in [-0.05, 0) is 38.3 Å². The number of aryl methyl sites for hydroxylation is 1. The Bertz CT molecular complexity index is 858. The molecule has 0 spiro atoms. The lowest BCUT2D eigenvalue weighted by molar-refractivity contribution is -0.122. The fourth-order valence-corrected chi connectivity index (χ4v) is 4.37. The number of fused-ring (bicyclic) bond motifs is 1. The molecule has 7 nitrogen and oxygen atoms in total. The highest BCUT2D eigenvalue weighted by atomic mass is 16.5. The van der Waals surface area contributed by atoms with Crippen molar-refractivity contribution < 1.29 is 9.53 Å². The second-order valence-corrected chi connectivity index (χ2v) is 7.50. The molecule has 2 aliphatic heterocycles. The SMILES string of the molecule is CCn1c(=O)n(CC(=O)NC2CCN([C@H]3CCOC3)CC2)c2ccccc21. The first-order valence-corrected chi connectivity index (χ1v) is 9.96. The molecule has 0 unspecified atom stereocenters. The zero-order chi connectivity index (χ0) is 18.8. The van der Waals surface area contributed by atoms with Gasteiger partial charge in [0.2, 0.25) is 5.91 Å². The van der Waals surface area contributed by atoms with Crippen LogP contribution in [-0.2, 0) is 22.6 Å². The molecule has 4 rings (SSSR count). The number of hydrogen-bond acceptors (Lipinski definition) is 4. The van der Waals surface area contributed by atoms with Gasteiger partial charge in [0.1, 0.15) is 6.54 Å². The van der Waals surface area contributed by atoms with E-state index in [1.54, 1.807) is 9.13 Å². The number of imidazole rings is 1. The molecule has 146 valence electrons. The topological polar surface area (TPSA) is 68.5 Å². The number of likely N-dealkylation sites (tertiary alicyclic amines) is 1. The summed E-state index contributed by atoms with van der Waals surface area (Å²) in [6.45, 7) is 6.30. The van der Waals surface area contributed by atoms with Crippen LogP contribution in [0.5, 0.6) is 0 Å². The van der Waals surface area contributed by atoms with Crippen LogP contribution in [0.3, 0.4) is 0 Å². The maximum atomic E-state index is 12.7. The van der Waals surface area contributed by atoms with Crippen molar-refractivity contribution in [3.63, 3.8) is 0 Å². The van der Waals surface area contributed by atoms with Crippen molar-refractivity contribution in [1.82, 2.24) is 19.4 Å². The lowest BCUT2D eigenvalue weighted by Gasteiger charge is -2.35. The number of carbonyl (C=O) groups is 1. The zero-order valence-electron chi connectivity index (χ0n) is 15.9. The summed E-state index contributed by atoms with van der Waals surface area (Å²) in [5, 5.41) is 3.13. The molecule has 0 bridgehead atoms. The summed E-state index contributed by atoms with van der Waals surface area (Å²) in [6.07, 6.45) is 3.02. The van der Waals surface area contributed by atoms with Crippen LogP contribution in [0.15, 0.2) is 29.1 Å². The van der Waals surface area contributed by atoms with Crippen LogP contribution >= 0.6 is 0 Å². The summed E-state index contributed by atoms with van der Waals surface area (Å²) in [4.78, 5) is 27.7. The zero-order valence-corrected chi connectivity index (χ0v) is 15.9. The highest BCUT2D eigenvalue weighted by molar-refractivity contribution is 5.81. The Morgan fingerprint density at radius 3 is 2.48 bits per heavy atom. The van der Waals surface area contributed by atoms with Crippen molar-refractivity contribution in [2.24, 2.45) is 0 Å². The Labute approximate surface area is 158 Å². The normalized spacial score (nSPS) is 21.7. The first kappa shape index (κ1) is 18.3. The molecule has 1 amide bonds. The van der Waals surface area contributed by atoms with Gasteiger partial charge >= 0.3 is 5.69 Å². The van der Waals surface area contributed by atoms with Gasteiger partial charge in [-0.15, -0.1) is 0 Å². The molecule has 0 aliphatic carbocycles. The molecule has 2 fully saturated rings. The number of ether oxygens (including phenoxy) is 1. The standard InChI is InChI=1S/C20H28N4O3/c1-2-23-17-5-3-4-6-18(17)24(20(23)26)13-19(25)21-15-7-10-22(11-8-15)16-9-12-27-14-16/h3-6,15-16H,2,7-14H2,1H3,(H,21,25)/t16-/m0/s1. The van der Waals surface area contributed by atoms with E-state index in [0.29, 0.717) is 12.6 Å². The third-order valence-corrected chi connectivity index (χ3v) is 5.86. The van der Waals surface area contributed by atoms with E-state index in [4.69, 9.17) is 4.74 Å². The first-order chi connectivity index (χ1) is 13.2. The molecular formula is C20H28N4O3. The minimum Gasteiger partial charge on any atom is -0.380 e. The maximum absolute atomic E-state index is 12.7. The molecule has 7 heteroatoms. The molecule has 1 atom stereocenters. The van der Waals surface area contributed by atoms with Crippen LogP contribution in [0, 0.1) is 0 Å². The van der Waals surface area contributed by atoms with Crippen molar-refractivity contribution >= 4 is 16.9 Å². The lowest BCUT2D eigenvalue weighted by Crippen LogP contribution is -2.49. The molecule has 27 heavy (non-hydrogen) atoms. The van der Waals surface area contributed by atoms with Gasteiger partial charge in [-0.25, -0.2) is 4.79 Å². The number of carbonyl (C=O) groups excluding carboxylic acids is 1. The Morgan fingerprint density at radius 1 is 1.15 bits per heavy atom. The Morgan fingerprint density at radius 2 is 1.85 bits per heavy atom. The highest BCUT2D eigenvalue weighted by Gasteiger charge is 2.28. The van der Waals surface area contributed by atoms with Crippen LogP contribution in [0.4, 0.5) is 0 Å². The van der Waals surface area contributed by atoms with Gasteiger partial charge in [-0.2, -0.15) is 0 Å². The van der Waals surface area contributed by atoms with E-state index >= 15 is 0 Å². The number of nitrogens with zero attached hydrogens (tertiary/aromatic N) is 3. The average molecular weight is 372 g/mol. The highest BCUT2D eigenvalue weighted by Crippen LogP contribution is 2.19. The summed E-state index contributed by atoms with van der Waals surface area (Å²) in [5.41, 5.74) is 1.57. The number of aromatic nitrogens is 2. The molecule has 0 saturated carbocycles. The number of hydrogen-bond donors (Lipinski definition) is 1. The number of benzene rings is 1. The second kappa shape index (κ2) is 7.86. The smallest absolute Gasteiger partial charge is 0.329 e. The number of nitrogens with one attached hydrogen (secondary N) is 1. The summed E-state index contributed by atoms with van der Waals surface area (Å²) in [7, 11) is 0. The van der Waals surface area contributed by atoms with Gasteiger partial charge in [0.05, 0.1) is 17.6 Å². The van der Waals surface area contributed by atoms with E-state index in [-0.39, 0.29) is 24.2 Å². The van der Waals surface area contributed by atoms with Crippen LogP contribution in [0.25, 0.3) is 11.0 Å². The van der Waals surface area contributed by atoms with Crippen LogP contribution < -0.4 is 11.0 Å². The van der Waals surface area contributed by atoms with Crippen molar-refractivity contribution in [2.75, 3.05) is 26.3 Å². The minimum atomic E-state index is -0.120. The van der Waals surface area contributed by atoms with Crippen LogP contribution in [0.2, 0.25) is 0 Å². The molecule has 2 saturated heterocycles. The van der Waals surface area contributed by atoms with E-state index in [1.807, 2.05) is 31.2 Å². The predicted octanol–water partition coefficient (Wildman–Crippen LogP) is 1.19. The Hall–Kier alpha value is -2.12. The van der Waals surface area contributed by atoms with Gasteiger partial charge in [-0.1, -0.05) is 12.1 Å². The fraction of sp³-hybridized carbons (Fsp3) is 0.600. The second-order valence-electron chi connectivity index (χ2n) is 7.50. The average Bonchev–Trinajstić information content (AvgIpc) is 3.30. The lowest BCUT2D eigenvalue weighted by atomic mass is 10.0. The van der Waals surface area contributed by atoms with E-state index in [1.165, 1.54) is 0 Å². The van der Waals surface area contributed by atoms with Gasteiger partial charge in [0.15, 0.2) is 0 Å². The summed E-state index contributed by atoms with van der Waals surface area (Å²) < 4.78 is 8.78. The third-order valence-electron chi connectivity index (χ3n) is 5.86. The monoisotopic (exact) mass is 372 g/mol. The molecular weight excluding hydrogens is 344 g/mol. The third kappa shape index (κ3) is 3.66. The molecule has 1 aromatic heterocycles. The number of para-hydroxylation sites is 2. The number of rotatable bonds is 5. The Kier molecular flexibility index (Phi) is 5.31. The van der Waals surface area contributed by atoms with Crippen molar-refractivity contribution in [3.8, 4) is 0 Å². The first-order valence-electron chi connectivity index (χ1n) is 9.96. The van der Waals surface area contributed by atoms with Crippen molar-refractivity contribution in [1.29, 1.82) is 0 Å². The summed E-state index contributed by atoms with van der Waals surface area (Å²) >= 11 is 0.